The molecule has 1 aromatic rings. The molecular formula is C15H20BrF2NO. The van der Waals surface area contributed by atoms with E-state index in [2.05, 4.69) is 41.6 Å². The maximum Gasteiger partial charge on any atom is 0.191 e. The summed E-state index contributed by atoms with van der Waals surface area (Å²) < 4.78 is 33.4. The van der Waals surface area contributed by atoms with Crippen LogP contribution in [0.4, 0.5) is 8.78 Å². The molecule has 0 aliphatic carbocycles. The third-order valence-electron chi connectivity index (χ3n) is 3.64. The number of likely N-dealkylation sites (tertiary alicyclic amines) is 1. The molecule has 112 valence electrons. The fraction of sp³-hybridized carbons (Fsp3) is 0.600. The molecule has 2 rings (SSSR count). The van der Waals surface area contributed by atoms with Crippen molar-refractivity contribution in [1.82, 2.24) is 4.90 Å². The van der Waals surface area contributed by atoms with Gasteiger partial charge in [-0.3, -0.25) is 4.90 Å². The predicted molar refractivity (Wildman–Crippen MR) is 79.0 cm³/mol. The third-order valence-corrected chi connectivity index (χ3v) is 4.10. The molecule has 1 heterocycles. The number of piperidine rings is 1. The van der Waals surface area contributed by atoms with E-state index in [9.17, 15) is 8.78 Å². The lowest BCUT2D eigenvalue weighted by atomic mass is 9.99. The van der Waals surface area contributed by atoms with Crippen molar-refractivity contribution in [3.8, 4) is 5.75 Å². The first kappa shape index (κ1) is 15.7. The summed E-state index contributed by atoms with van der Waals surface area (Å²) in [6.07, 6.45) is 1.44. The van der Waals surface area contributed by atoms with Gasteiger partial charge in [0.1, 0.15) is 6.10 Å². The van der Waals surface area contributed by atoms with Crippen LogP contribution in [0.25, 0.3) is 0 Å². The molecule has 1 saturated heterocycles. The number of hydrogen-bond acceptors (Lipinski definition) is 2. The first-order valence-electron chi connectivity index (χ1n) is 6.83. The van der Waals surface area contributed by atoms with E-state index in [1.807, 2.05) is 0 Å². The average molecular weight is 348 g/mol. The molecule has 0 aromatic heterocycles. The number of nitrogens with zero attached hydrogens (tertiary/aromatic N) is 1. The third kappa shape index (κ3) is 3.70. The average Bonchev–Trinajstić information content (AvgIpc) is 2.33. The lowest BCUT2D eigenvalue weighted by molar-refractivity contribution is 0.0456. The van der Waals surface area contributed by atoms with Crippen LogP contribution in [-0.2, 0) is 0 Å². The van der Waals surface area contributed by atoms with Gasteiger partial charge in [0.2, 0.25) is 0 Å². The highest BCUT2D eigenvalue weighted by molar-refractivity contribution is 9.10. The van der Waals surface area contributed by atoms with Gasteiger partial charge in [-0.05, 0) is 45.7 Å². The fourth-order valence-corrected chi connectivity index (χ4v) is 2.85. The van der Waals surface area contributed by atoms with Crippen molar-refractivity contribution in [2.75, 3.05) is 13.1 Å². The molecular weight excluding hydrogens is 328 g/mol. The van der Waals surface area contributed by atoms with Crippen LogP contribution >= 0.6 is 15.9 Å². The minimum Gasteiger partial charge on any atom is -0.484 e. The highest BCUT2D eigenvalue weighted by atomic mass is 79.9. The Labute approximate surface area is 127 Å². The fourth-order valence-electron chi connectivity index (χ4n) is 2.45. The molecule has 0 saturated carbocycles. The monoisotopic (exact) mass is 347 g/mol. The molecule has 1 aliphatic rings. The second-order valence-electron chi connectivity index (χ2n) is 6.17. The van der Waals surface area contributed by atoms with E-state index in [4.69, 9.17) is 4.74 Å². The van der Waals surface area contributed by atoms with E-state index in [-0.39, 0.29) is 17.4 Å². The Kier molecular flexibility index (Phi) is 4.69. The summed E-state index contributed by atoms with van der Waals surface area (Å²) in [5, 5.41) is 0. The smallest absolute Gasteiger partial charge is 0.191 e. The van der Waals surface area contributed by atoms with Gasteiger partial charge in [0.05, 0.1) is 0 Å². The van der Waals surface area contributed by atoms with Crippen LogP contribution in [0.15, 0.2) is 16.6 Å². The van der Waals surface area contributed by atoms with Crippen LogP contribution in [0.1, 0.15) is 33.6 Å². The standard InChI is InChI=1S/C15H20BrF2NO/c1-15(2,3)19-6-4-11(5-7-19)20-14-12(17)8-10(16)9-13(14)18/h8-9,11H,4-7H2,1-3H3. The second kappa shape index (κ2) is 5.98. The molecule has 0 N–H and O–H groups in total. The maximum atomic E-state index is 13.7. The highest BCUT2D eigenvalue weighted by Crippen LogP contribution is 2.29. The van der Waals surface area contributed by atoms with Gasteiger partial charge in [-0.25, -0.2) is 8.78 Å². The summed E-state index contributed by atoms with van der Waals surface area (Å²) in [7, 11) is 0. The Morgan fingerprint density at radius 2 is 1.65 bits per heavy atom. The van der Waals surface area contributed by atoms with E-state index >= 15 is 0 Å². The van der Waals surface area contributed by atoms with Gasteiger partial charge in [0.25, 0.3) is 0 Å². The highest BCUT2D eigenvalue weighted by Gasteiger charge is 2.28. The van der Waals surface area contributed by atoms with E-state index in [0.717, 1.165) is 25.9 Å². The zero-order valence-electron chi connectivity index (χ0n) is 12.0. The Morgan fingerprint density at radius 3 is 2.10 bits per heavy atom. The van der Waals surface area contributed by atoms with Gasteiger partial charge in [0, 0.05) is 23.1 Å². The molecule has 0 bridgehead atoms. The maximum absolute atomic E-state index is 13.7. The first-order valence-corrected chi connectivity index (χ1v) is 7.63. The number of rotatable bonds is 2. The van der Waals surface area contributed by atoms with Crippen LogP contribution in [0, 0.1) is 11.6 Å². The first-order chi connectivity index (χ1) is 9.27. The van der Waals surface area contributed by atoms with Gasteiger partial charge in [0.15, 0.2) is 17.4 Å². The van der Waals surface area contributed by atoms with Crippen LogP contribution in [-0.4, -0.2) is 29.6 Å². The van der Waals surface area contributed by atoms with E-state index in [1.54, 1.807) is 0 Å². The largest absolute Gasteiger partial charge is 0.484 e. The Balaban J connectivity index is 2.00. The Bertz CT molecular complexity index is 456. The summed E-state index contributed by atoms with van der Waals surface area (Å²) in [4.78, 5) is 2.36. The zero-order valence-corrected chi connectivity index (χ0v) is 13.6. The van der Waals surface area contributed by atoms with Crippen molar-refractivity contribution >= 4 is 15.9 Å². The lowest BCUT2D eigenvalue weighted by Crippen LogP contribution is -2.48. The predicted octanol–water partition coefficient (Wildman–Crippen LogP) is 4.37. The zero-order chi connectivity index (χ0) is 14.9. The summed E-state index contributed by atoms with van der Waals surface area (Å²) >= 11 is 3.06. The molecule has 1 aromatic carbocycles. The van der Waals surface area contributed by atoms with Crippen molar-refractivity contribution in [1.29, 1.82) is 0 Å². The number of halogens is 3. The van der Waals surface area contributed by atoms with Gasteiger partial charge < -0.3 is 4.74 Å². The minimum atomic E-state index is -0.657. The minimum absolute atomic E-state index is 0.124. The molecule has 0 radical (unpaired) electrons. The summed E-state index contributed by atoms with van der Waals surface area (Å²) in [6.45, 7) is 8.27. The van der Waals surface area contributed by atoms with Gasteiger partial charge in [-0.2, -0.15) is 0 Å². The van der Waals surface area contributed by atoms with Crippen molar-refractivity contribution in [3.05, 3.63) is 28.2 Å². The topological polar surface area (TPSA) is 12.5 Å². The van der Waals surface area contributed by atoms with E-state index < -0.39 is 11.6 Å². The molecule has 1 fully saturated rings. The van der Waals surface area contributed by atoms with Crippen molar-refractivity contribution in [2.24, 2.45) is 0 Å². The SMILES string of the molecule is CC(C)(C)N1CCC(Oc2c(F)cc(Br)cc2F)CC1. The number of ether oxygens (including phenoxy) is 1. The normalized spacial score (nSPS) is 18.3. The molecule has 1 aliphatic heterocycles. The number of benzene rings is 1. The summed E-state index contributed by atoms with van der Waals surface area (Å²) in [6, 6.07) is 2.45. The molecule has 0 atom stereocenters. The lowest BCUT2D eigenvalue weighted by Gasteiger charge is -2.40. The summed E-state index contributed by atoms with van der Waals surface area (Å²) in [5.74, 6) is -1.58. The van der Waals surface area contributed by atoms with Crippen molar-refractivity contribution in [3.63, 3.8) is 0 Å². The molecule has 0 spiro atoms. The molecule has 2 nitrogen and oxygen atoms in total. The van der Waals surface area contributed by atoms with E-state index in [1.165, 1.54) is 12.1 Å². The van der Waals surface area contributed by atoms with Crippen LogP contribution in [0.5, 0.6) is 5.75 Å². The van der Waals surface area contributed by atoms with Crippen molar-refractivity contribution in [2.45, 2.75) is 45.3 Å². The Morgan fingerprint density at radius 1 is 1.15 bits per heavy atom. The van der Waals surface area contributed by atoms with Gasteiger partial charge >= 0.3 is 0 Å². The quantitative estimate of drug-likeness (QED) is 0.787. The molecule has 0 amide bonds. The van der Waals surface area contributed by atoms with Gasteiger partial charge in [-0.1, -0.05) is 15.9 Å². The number of hydrogen-bond donors (Lipinski definition) is 0. The Hall–Kier alpha value is -0.680. The van der Waals surface area contributed by atoms with Crippen LogP contribution in [0.2, 0.25) is 0 Å². The van der Waals surface area contributed by atoms with Crippen LogP contribution < -0.4 is 4.74 Å². The van der Waals surface area contributed by atoms with Gasteiger partial charge in [-0.15, -0.1) is 0 Å². The summed E-state index contributed by atoms with van der Waals surface area (Å²) in [5.41, 5.74) is 0.124. The van der Waals surface area contributed by atoms with Crippen LogP contribution in [0.3, 0.4) is 0 Å². The van der Waals surface area contributed by atoms with E-state index in [0.29, 0.717) is 4.47 Å². The van der Waals surface area contributed by atoms with Crippen molar-refractivity contribution < 1.29 is 13.5 Å². The molecule has 0 unspecified atom stereocenters. The second-order valence-corrected chi connectivity index (χ2v) is 7.09. The molecule has 5 heteroatoms. The molecule has 20 heavy (non-hydrogen) atoms.